The van der Waals surface area contributed by atoms with Crippen molar-refractivity contribution in [2.75, 3.05) is 20.7 Å². The van der Waals surface area contributed by atoms with Crippen LogP contribution in [0, 0.1) is 0 Å². The number of nitrogens with two attached hydrogens (primary N) is 1. The van der Waals surface area contributed by atoms with Gasteiger partial charge in [0.1, 0.15) is 12.4 Å². The van der Waals surface area contributed by atoms with Gasteiger partial charge in [-0.2, -0.15) is 0 Å². The molecule has 3 N–H and O–H groups in total. The summed E-state index contributed by atoms with van der Waals surface area (Å²) in [4.78, 5) is 2.08. The number of likely N-dealkylation sites (N-methyl/N-ethyl adjacent to an activating group) is 1. The molecule has 6 heteroatoms. The Balaban J connectivity index is 2.96. The van der Waals surface area contributed by atoms with Gasteiger partial charge in [0, 0.05) is 10.0 Å². The molecule has 0 fully saturated rings. The Hall–Kier alpha value is -1.27. The first kappa shape index (κ1) is 15.8. The highest BCUT2D eigenvalue weighted by molar-refractivity contribution is 9.10. The average Bonchev–Trinajstić information content (AvgIpc) is 2.36. The first-order chi connectivity index (χ1) is 8.77. The zero-order chi connectivity index (χ0) is 14.6. The Bertz CT molecular complexity index is 473. The lowest BCUT2D eigenvalue weighted by Gasteiger charge is -2.32. The number of hydrogen-bond donors (Lipinski definition) is 2. The molecule has 0 amide bonds. The van der Waals surface area contributed by atoms with E-state index in [1.165, 1.54) is 0 Å². The van der Waals surface area contributed by atoms with Crippen molar-refractivity contribution in [1.29, 1.82) is 0 Å². The molecule has 0 heterocycles. The summed E-state index contributed by atoms with van der Waals surface area (Å²) in [6.45, 7) is 4.65. The van der Waals surface area contributed by atoms with Crippen molar-refractivity contribution in [3.05, 3.63) is 28.2 Å². The summed E-state index contributed by atoms with van der Waals surface area (Å²) >= 11 is 3.35. The predicted octanol–water partition coefficient (Wildman–Crippen LogP) is 2.26. The number of amidine groups is 1. The Morgan fingerprint density at radius 2 is 2.11 bits per heavy atom. The normalized spacial score (nSPS) is 12.8. The van der Waals surface area contributed by atoms with E-state index in [1.54, 1.807) is 12.1 Å². The van der Waals surface area contributed by atoms with Gasteiger partial charge in [0.25, 0.3) is 0 Å². The molecule has 0 atom stereocenters. The minimum Gasteiger partial charge on any atom is -0.491 e. The Labute approximate surface area is 122 Å². The van der Waals surface area contributed by atoms with Crippen LogP contribution in [0.5, 0.6) is 5.75 Å². The van der Waals surface area contributed by atoms with Crippen LogP contribution in [0.2, 0.25) is 0 Å². The van der Waals surface area contributed by atoms with Crippen LogP contribution < -0.4 is 10.5 Å². The van der Waals surface area contributed by atoms with Gasteiger partial charge < -0.3 is 20.6 Å². The summed E-state index contributed by atoms with van der Waals surface area (Å²) < 4.78 is 6.65. The lowest BCUT2D eigenvalue weighted by Crippen LogP contribution is -2.43. The number of rotatable bonds is 5. The van der Waals surface area contributed by atoms with Crippen molar-refractivity contribution >= 4 is 21.8 Å². The molecule has 0 aliphatic carbocycles. The van der Waals surface area contributed by atoms with Crippen molar-refractivity contribution in [2.24, 2.45) is 10.9 Å². The van der Waals surface area contributed by atoms with E-state index in [9.17, 15) is 0 Å². The van der Waals surface area contributed by atoms with E-state index in [1.807, 2.05) is 20.2 Å². The summed E-state index contributed by atoms with van der Waals surface area (Å²) in [7, 11) is 3.99. The van der Waals surface area contributed by atoms with Gasteiger partial charge in [-0.1, -0.05) is 21.1 Å². The van der Waals surface area contributed by atoms with Crippen LogP contribution in [0.15, 0.2) is 27.8 Å². The molecule has 0 bridgehead atoms. The van der Waals surface area contributed by atoms with Gasteiger partial charge in [-0.3, -0.25) is 0 Å². The van der Waals surface area contributed by atoms with Crippen molar-refractivity contribution < 1.29 is 9.94 Å². The Morgan fingerprint density at radius 1 is 1.47 bits per heavy atom. The molecule has 0 unspecified atom stereocenters. The molecule has 5 nitrogen and oxygen atoms in total. The second kappa shape index (κ2) is 6.25. The molecule has 0 aliphatic rings. The highest BCUT2D eigenvalue weighted by Gasteiger charge is 2.22. The maximum Gasteiger partial charge on any atom is 0.173 e. The molecule has 0 aromatic heterocycles. The number of ether oxygens (including phenoxy) is 1. The highest BCUT2D eigenvalue weighted by Crippen LogP contribution is 2.24. The summed E-state index contributed by atoms with van der Waals surface area (Å²) in [5.41, 5.74) is 6.10. The molecule has 1 aromatic carbocycles. The number of hydrogen-bond acceptors (Lipinski definition) is 4. The molecule has 1 rings (SSSR count). The van der Waals surface area contributed by atoms with Crippen LogP contribution >= 0.6 is 15.9 Å². The van der Waals surface area contributed by atoms with Crippen molar-refractivity contribution in [3.8, 4) is 5.75 Å². The van der Waals surface area contributed by atoms with Crippen LogP contribution in [0.4, 0.5) is 0 Å². The molecule has 0 aliphatic heterocycles. The van der Waals surface area contributed by atoms with E-state index in [0.29, 0.717) is 17.9 Å². The van der Waals surface area contributed by atoms with E-state index in [-0.39, 0.29) is 11.4 Å². The van der Waals surface area contributed by atoms with E-state index in [2.05, 4.69) is 39.8 Å². The molecular weight excluding hydrogens is 310 g/mol. The molecule has 0 saturated heterocycles. The molecule has 0 radical (unpaired) electrons. The maximum atomic E-state index is 8.80. The quantitative estimate of drug-likeness (QED) is 0.376. The van der Waals surface area contributed by atoms with Gasteiger partial charge in [-0.15, -0.1) is 0 Å². The summed E-state index contributed by atoms with van der Waals surface area (Å²) in [6.07, 6.45) is 0. The zero-order valence-electron chi connectivity index (χ0n) is 11.6. The van der Waals surface area contributed by atoms with Crippen LogP contribution in [-0.4, -0.2) is 42.2 Å². The summed E-state index contributed by atoms with van der Waals surface area (Å²) in [6, 6.07) is 5.41. The van der Waals surface area contributed by atoms with Crippen molar-refractivity contribution in [3.63, 3.8) is 0 Å². The topological polar surface area (TPSA) is 71.1 Å². The summed E-state index contributed by atoms with van der Waals surface area (Å²) in [5, 5.41) is 11.8. The van der Waals surface area contributed by atoms with Crippen molar-refractivity contribution in [1.82, 2.24) is 4.90 Å². The van der Waals surface area contributed by atoms with Gasteiger partial charge in [0.15, 0.2) is 5.84 Å². The largest absolute Gasteiger partial charge is 0.491 e. The minimum atomic E-state index is -0.116. The first-order valence-corrected chi connectivity index (χ1v) is 6.65. The van der Waals surface area contributed by atoms with E-state index in [0.717, 1.165) is 4.47 Å². The molecule has 106 valence electrons. The predicted molar refractivity (Wildman–Crippen MR) is 79.9 cm³/mol. The van der Waals surface area contributed by atoms with Crippen LogP contribution in [0.1, 0.15) is 19.4 Å². The van der Waals surface area contributed by atoms with Crippen LogP contribution in [0.25, 0.3) is 0 Å². The lowest BCUT2D eigenvalue weighted by atomic mass is 10.1. The highest BCUT2D eigenvalue weighted by atomic mass is 79.9. The third-order valence-corrected chi connectivity index (χ3v) is 3.61. The molecule has 1 aromatic rings. The molecular formula is C13H20BrN3O2. The second-order valence-electron chi connectivity index (χ2n) is 5.12. The lowest BCUT2D eigenvalue weighted by molar-refractivity contribution is 0.114. The fourth-order valence-corrected chi connectivity index (χ4v) is 1.63. The molecule has 0 spiro atoms. The van der Waals surface area contributed by atoms with Gasteiger partial charge in [-0.05, 0) is 46.1 Å². The summed E-state index contributed by atoms with van der Waals surface area (Å²) in [5.74, 6) is 0.618. The van der Waals surface area contributed by atoms with Gasteiger partial charge in [-0.25, -0.2) is 0 Å². The smallest absolute Gasteiger partial charge is 0.173 e. The minimum absolute atomic E-state index is 0.0268. The Kier molecular flexibility index (Phi) is 5.20. The Morgan fingerprint density at radius 3 is 2.63 bits per heavy atom. The van der Waals surface area contributed by atoms with Crippen LogP contribution in [-0.2, 0) is 0 Å². The molecule has 0 saturated carbocycles. The van der Waals surface area contributed by atoms with E-state index >= 15 is 0 Å². The molecule has 19 heavy (non-hydrogen) atoms. The third-order valence-electron chi connectivity index (χ3n) is 3.12. The number of halogens is 1. The third kappa shape index (κ3) is 4.11. The first-order valence-electron chi connectivity index (χ1n) is 5.85. The number of oxime groups is 1. The monoisotopic (exact) mass is 329 g/mol. The van der Waals surface area contributed by atoms with Crippen molar-refractivity contribution in [2.45, 2.75) is 19.4 Å². The number of benzene rings is 1. The fraction of sp³-hybridized carbons (Fsp3) is 0.462. The standard InChI is InChI=1S/C13H20BrN3O2/c1-13(2,17(3)4)8-19-11-6-5-9(14)7-10(11)12(15)16-18/h5-7,18H,8H2,1-4H3,(H2,15,16). The SMILES string of the molecule is CN(C)C(C)(C)COc1ccc(Br)cc1/C(N)=N/O. The number of nitrogens with zero attached hydrogens (tertiary/aromatic N) is 2. The maximum absolute atomic E-state index is 8.80. The van der Waals surface area contributed by atoms with Gasteiger partial charge in [0.2, 0.25) is 0 Å². The fourth-order valence-electron chi connectivity index (χ4n) is 1.27. The van der Waals surface area contributed by atoms with Gasteiger partial charge >= 0.3 is 0 Å². The second-order valence-corrected chi connectivity index (χ2v) is 6.04. The van der Waals surface area contributed by atoms with Gasteiger partial charge in [0.05, 0.1) is 5.56 Å². The zero-order valence-corrected chi connectivity index (χ0v) is 13.2. The average molecular weight is 330 g/mol. The van der Waals surface area contributed by atoms with E-state index in [4.69, 9.17) is 15.7 Å². The van der Waals surface area contributed by atoms with E-state index < -0.39 is 0 Å². The van der Waals surface area contributed by atoms with Crippen LogP contribution in [0.3, 0.4) is 0 Å².